The van der Waals surface area contributed by atoms with Gasteiger partial charge in [0, 0.05) is 41.1 Å². The average molecular weight is 592 g/mol. The fourth-order valence-corrected chi connectivity index (χ4v) is 6.13. The van der Waals surface area contributed by atoms with Crippen LogP contribution >= 0.6 is 0 Å². The number of hydrogen-bond acceptors (Lipinski definition) is 7. The number of carbonyl (C=O) groups is 3. The molecule has 1 aliphatic carbocycles. The van der Waals surface area contributed by atoms with Crippen molar-refractivity contribution in [2.24, 2.45) is 5.41 Å². The van der Waals surface area contributed by atoms with Gasteiger partial charge >= 0.3 is 6.18 Å². The van der Waals surface area contributed by atoms with Gasteiger partial charge in [-0.25, -0.2) is 15.0 Å². The van der Waals surface area contributed by atoms with Crippen molar-refractivity contribution in [3.8, 4) is 11.1 Å². The van der Waals surface area contributed by atoms with Crippen LogP contribution in [0.1, 0.15) is 54.1 Å². The van der Waals surface area contributed by atoms with E-state index in [1.165, 1.54) is 11.8 Å². The number of fused-ring (bicyclic) bond motifs is 2. The minimum atomic E-state index is -4.72. The molecule has 2 fully saturated rings. The molecule has 1 saturated carbocycles. The molecule has 3 atom stereocenters. The molecule has 0 radical (unpaired) electrons. The number of halogens is 3. The quantitative estimate of drug-likeness (QED) is 0.321. The van der Waals surface area contributed by atoms with E-state index in [4.69, 9.17) is 0 Å². The molecule has 2 aliphatic rings. The van der Waals surface area contributed by atoms with Gasteiger partial charge in [-0.2, -0.15) is 13.2 Å². The number of piperidine rings is 1. The molecule has 1 unspecified atom stereocenters. The number of ketones is 1. The maximum absolute atomic E-state index is 13.8. The first-order chi connectivity index (χ1) is 20.2. The summed E-state index contributed by atoms with van der Waals surface area (Å²) in [5.74, 6) is -0.824. The average Bonchev–Trinajstić information content (AvgIpc) is 3.29. The van der Waals surface area contributed by atoms with Gasteiger partial charge in [-0.15, -0.1) is 0 Å². The van der Waals surface area contributed by atoms with Crippen molar-refractivity contribution in [3.63, 3.8) is 0 Å². The number of aryl methyl sites for hydroxylation is 2. The number of aromatic nitrogens is 5. The Hall–Kier alpha value is -4.68. The second kappa shape index (κ2) is 9.96. The van der Waals surface area contributed by atoms with Crippen molar-refractivity contribution in [1.82, 2.24) is 29.4 Å². The molecular weight excluding hydrogens is 563 g/mol. The number of Topliss-reactive ketones (excluding diaryl/α,β-unsaturated/α-hetero) is 1. The van der Waals surface area contributed by atoms with Crippen LogP contribution < -0.4 is 5.32 Å². The van der Waals surface area contributed by atoms with E-state index >= 15 is 0 Å². The van der Waals surface area contributed by atoms with E-state index in [0.717, 1.165) is 29.3 Å². The summed E-state index contributed by atoms with van der Waals surface area (Å²) in [6.45, 7) is 7.00. The van der Waals surface area contributed by atoms with Crippen LogP contribution in [0.2, 0.25) is 0 Å². The highest BCUT2D eigenvalue weighted by atomic mass is 19.4. The third-order valence-electron chi connectivity index (χ3n) is 8.36. The molecule has 6 rings (SSSR count). The van der Waals surface area contributed by atoms with Crippen molar-refractivity contribution in [2.45, 2.75) is 65.3 Å². The zero-order chi connectivity index (χ0) is 30.8. The number of likely N-dealkylation sites (tertiary alicyclic amines) is 1. The van der Waals surface area contributed by atoms with Crippen LogP contribution in [-0.4, -0.2) is 59.1 Å². The Balaban J connectivity index is 1.29. The lowest BCUT2D eigenvalue weighted by Crippen LogP contribution is -2.46. The van der Waals surface area contributed by atoms with Crippen molar-refractivity contribution >= 4 is 34.3 Å². The Morgan fingerprint density at radius 3 is 2.44 bits per heavy atom. The van der Waals surface area contributed by atoms with Crippen molar-refractivity contribution < 1.29 is 27.6 Å². The van der Waals surface area contributed by atoms with E-state index in [1.807, 2.05) is 26.0 Å². The van der Waals surface area contributed by atoms with Gasteiger partial charge in [0.05, 0.1) is 17.9 Å². The van der Waals surface area contributed by atoms with Crippen LogP contribution in [-0.2, 0) is 22.3 Å². The van der Waals surface area contributed by atoms with Crippen molar-refractivity contribution in [2.75, 3.05) is 5.32 Å². The highest BCUT2D eigenvalue weighted by Gasteiger charge is 2.64. The maximum atomic E-state index is 13.8. The minimum absolute atomic E-state index is 0.128. The Labute approximate surface area is 244 Å². The van der Waals surface area contributed by atoms with Gasteiger partial charge < -0.3 is 14.8 Å². The molecule has 10 nitrogen and oxygen atoms in total. The highest BCUT2D eigenvalue weighted by Crippen LogP contribution is 2.59. The van der Waals surface area contributed by atoms with Crippen molar-refractivity contribution in [1.29, 1.82) is 0 Å². The minimum Gasteiger partial charge on any atom is -0.337 e. The number of nitrogens with one attached hydrogen (secondary N) is 1. The number of hydrogen-bond donors (Lipinski definition) is 1. The lowest BCUT2D eigenvalue weighted by Gasteiger charge is -2.27. The molecule has 1 saturated heterocycles. The maximum Gasteiger partial charge on any atom is 0.434 e. The first kappa shape index (κ1) is 28.4. The number of benzene rings is 1. The van der Waals surface area contributed by atoms with E-state index in [9.17, 15) is 27.6 Å². The van der Waals surface area contributed by atoms with Crippen LogP contribution in [0, 0.1) is 19.3 Å². The van der Waals surface area contributed by atoms with Crippen LogP contribution in [0.5, 0.6) is 0 Å². The van der Waals surface area contributed by atoms with Crippen LogP contribution in [0.25, 0.3) is 22.0 Å². The van der Waals surface area contributed by atoms with Crippen LogP contribution in [0.15, 0.2) is 43.1 Å². The molecular formula is C30H28F3N7O3. The molecule has 1 N–H and O–H groups in total. The molecule has 0 spiro atoms. The SMILES string of the molecule is CC(=O)c1cn(CC(=O)N2C3C[C@]3(C)C[C@H]2C(=O)Nc2cncc(C(F)(F)F)n2)c2c(C)cc(-c3cnc(C)nc3)cc12. The van der Waals surface area contributed by atoms with E-state index in [0.29, 0.717) is 34.9 Å². The first-order valence-electron chi connectivity index (χ1n) is 13.7. The largest absolute Gasteiger partial charge is 0.434 e. The monoisotopic (exact) mass is 591 g/mol. The van der Waals surface area contributed by atoms with E-state index in [-0.39, 0.29) is 35.5 Å². The fraction of sp³-hybridized carbons (Fsp3) is 0.367. The van der Waals surface area contributed by atoms with Gasteiger partial charge in [0.1, 0.15) is 18.4 Å². The summed E-state index contributed by atoms with van der Waals surface area (Å²) in [6, 6.07) is 2.76. The van der Waals surface area contributed by atoms with Crippen LogP contribution in [0.3, 0.4) is 0 Å². The third kappa shape index (κ3) is 5.12. The van der Waals surface area contributed by atoms with Gasteiger partial charge in [-0.05, 0) is 62.3 Å². The predicted octanol–water partition coefficient (Wildman–Crippen LogP) is 4.74. The van der Waals surface area contributed by atoms with Gasteiger partial charge in [0.2, 0.25) is 11.8 Å². The summed E-state index contributed by atoms with van der Waals surface area (Å²) >= 11 is 0. The summed E-state index contributed by atoms with van der Waals surface area (Å²) in [5, 5.41) is 3.10. The number of alkyl halides is 3. The first-order valence-corrected chi connectivity index (χ1v) is 13.7. The van der Waals surface area contributed by atoms with E-state index in [1.54, 1.807) is 30.1 Å². The van der Waals surface area contributed by atoms with Gasteiger partial charge in [0.25, 0.3) is 0 Å². The Bertz CT molecular complexity index is 1800. The Morgan fingerprint density at radius 1 is 1.05 bits per heavy atom. The molecule has 43 heavy (non-hydrogen) atoms. The zero-order valence-corrected chi connectivity index (χ0v) is 23.9. The molecule has 0 bridgehead atoms. The second-order valence-corrected chi connectivity index (χ2v) is 11.6. The Kier molecular flexibility index (Phi) is 6.58. The molecule has 13 heteroatoms. The summed E-state index contributed by atoms with van der Waals surface area (Å²) in [4.78, 5) is 56.9. The van der Waals surface area contributed by atoms with Gasteiger partial charge in [0.15, 0.2) is 17.3 Å². The smallest absolute Gasteiger partial charge is 0.337 e. The number of nitrogens with zero attached hydrogens (tertiary/aromatic N) is 6. The Morgan fingerprint density at radius 2 is 1.77 bits per heavy atom. The topological polar surface area (TPSA) is 123 Å². The number of anilines is 1. The molecule has 4 heterocycles. The normalized spacial score (nSPS) is 21.1. The molecule has 3 aromatic heterocycles. The molecule has 222 valence electrons. The molecule has 1 aliphatic heterocycles. The predicted molar refractivity (Wildman–Crippen MR) is 150 cm³/mol. The molecule has 1 aromatic carbocycles. The molecule has 4 aromatic rings. The van der Waals surface area contributed by atoms with Crippen LogP contribution in [0.4, 0.5) is 19.0 Å². The van der Waals surface area contributed by atoms with Gasteiger partial charge in [-0.3, -0.25) is 19.4 Å². The lowest BCUT2D eigenvalue weighted by molar-refractivity contribution is -0.141. The van der Waals surface area contributed by atoms with Crippen molar-refractivity contribution in [3.05, 3.63) is 65.8 Å². The zero-order valence-electron chi connectivity index (χ0n) is 23.9. The highest BCUT2D eigenvalue weighted by molar-refractivity contribution is 6.09. The summed E-state index contributed by atoms with van der Waals surface area (Å²) in [7, 11) is 0. The summed E-state index contributed by atoms with van der Waals surface area (Å²) < 4.78 is 41.0. The lowest BCUT2D eigenvalue weighted by atomic mass is 10.0. The summed E-state index contributed by atoms with van der Waals surface area (Å²) in [5.41, 5.74) is 2.14. The number of rotatable bonds is 6. The number of amides is 2. The standard InChI is InChI=1S/C30H28F3N7O3/c1-15-5-18(19-9-35-17(3)36-10-19)6-20-21(16(2)41)13-39(27(15)20)14-26(42)40-22(7-29(4)8-24(29)40)28(43)38-25-12-34-11-23(37-25)30(31,32)33/h5-6,9-13,22,24H,7-8,14H2,1-4H3,(H,37,38,43)/t22-,24?,29-/m0/s1. The number of carbonyl (C=O) groups excluding carboxylic acids is 3. The molecule has 2 amide bonds. The van der Waals surface area contributed by atoms with E-state index in [2.05, 4.69) is 25.3 Å². The van der Waals surface area contributed by atoms with Gasteiger partial charge in [-0.1, -0.05) is 6.92 Å². The summed E-state index contributed by atoms with van der Waals surface area (Å²) in [6.07, 6.45) is 3.07. The third-order valence-corrected chi connectivity index (χ3v) is 8.36. The second-order valence-electron chi connectivity index (χ2n) is 11.6. The fourth-order valence-electron chi connectivity index (χ4n) is 6.13. The van der Waals surface area contributed by atoms with E-state index < -0.39 is 23.8 Å².